The molecule has 0 aromatic carbocycles. The Bertz CT molecular complexity index is 394. The number of aryl methyl sites for hydroxylation is 1. The molecule has 2 rings (SSSR count). The quantitative estimate of drug-likeness (QED) is 0.856. The summed E-state index contributed by atoms with van der Waals surface area (Å²) in [5, 5.41) is 3.61. The molecule has 0 spiro atoms. The molecule has 3 atom stereocenters. The molecule has 106 valence electrons. The van der Waals surface area contributed by atoms with Crippen molar-refractivity contribution >= 4 is 0 Å². The van der Waals surface area contributed by atoms with Crippen LogP contribution in [0.5, 0.6) is 0 Å². The first-order chi connectivity index (χ1) is 9.27. The molecule has 1 aliphatic carbocycles. The van der Waals surface area contributed by atoms with Crippen molar-refractivity contribution in [3.63, 3.8) is 0 Å². The van der Waals surface area contributed by atoms with Crippen LogP contribution < -0.4 is 5.32 Å². The van der Waals surface area contributed by atoms with Crippen molar-refractivity contribution in [1.29, 1.82) is 0 Å². The van der Waals surface area contributed by atoms with E-state index in [9.17, 15) is 0 Å². The molecule has 0 radical (unpaired) electrons. The first-order valence-electron chi connectivity index (χ1n) is 7.56. The van der Waals surface area contributed by atoms with Gasteiger partial charge in [0.2, 0.25) is 0 Å². The second kappa shape index (κ2) is 7.01. The number of likely N-dealkylation sites (N-methyl/N-ethyl adjacent to an activating group) is 1. The molecule has 0 fully saturated rings. The Labute approximate surface area is 116 Å². The number of nitrogens with zero attached hydrogens (tertiary/aromatic N) is 1. The van der Waals surface area contributed by atoms with E-state index in [-0.39, 0.29) is 6.10 Å². The highest BCUT2D eigenvalue weighted by Crippen LogP contribution is 2.34. The summed E-state index contributed by atoms with van der Waals surface area (Å²) in [5.74, 6) is 0.478. The monoisotopic (exact) mass is 262 g/mol. The molecule has 1 aromatic heterocycles. The van der Waals surface area contributed by atoms with Crippen LogP contribution in [0.25, 0.3) is 0 Å². The molecule has 3 nitrogen and oxygen atoms in total. The number of hydrogen-bond acceptors (Lipinski definition) is 3. The molecule has 3 heteroatoms. The van der Waals surface area contributed by atoms with Gasteiger partial charge in [0.15, 0.2) is 0 Å². The van der Waals surface area contributed by atoms with Gasteiger partial charge in [-0.3, -0.25) is 4.98 Å². The van der Waals surface area contributed by atoms with Crippen molar-refractivity contribution in [3.05, 3.63) is 29.6 Å². The zero-order valence-electron chi connectivity index (χ0n) is 12.4. The molecular weight excluding hydrogens is 236 g/mol. The minimum absolute atomic E-state index is 0.225. The number of fused-ring (bicyclic) bond motifs is 1. The molecule has 1 N–H and O–H groups in total. The second-order valence-corrected chi connectivity index (χ2v) is 5.29. The average molecular weight is 262 g/mol. The van der Waals surface area contributed by atoms with Crippen LogP contribution in [0, 0.1) is 0 Å². The summed E-state index contributed by atoms with van der Waals surface area (Å²) in [6.07, 6.45) is 5.78. The SMILES string of the molecule is CCNC(C(C)OCC)C1CCCc2cccnc21. The maximum Gasteiger partial charge on any atom is 0.0706 e. The zero-order chi connectivity index (χ0) is 13.7. The lowest BCUT2D eigenvalue weighted by atomic mass is 9.80. The summed E-state index contributed by atoms with van der Waals surface area (Å²) in [4.78, 5) is 4.65. The summed E-state index contributed by atoms with van der Waals surface area (Å²) in [6.45, 7) is 8.14. The van der Waals surface area contributed by atoms with Crippen LogP contribution >= 0.6 is 0 Å². The lowest BCUT2D eigenvalue weighted by Crippen LogP contribution is -2.45. The van der Waals surface area contributed by atoms with Crippen molar-refractivity contribution in [2.45, 2.75) is 58.1 Å². The minimum atomic E-state index is 0.225. The van der Waals surface area contributed by atoms with Crippen molar-refractivity contribution in [2.24, 2.45) is 0 Å². The summed E-state index contributed by atoms with van der Waals surface area (Å²) in [5.41, 5.74) is 2.71. The van der Waals surface area contributed by atoms with Gasteiger partial charge in [-0.25, -0.2) is 0 Å². The van der Waals surface area contributed by atoms with E-state index in [1.807, 2.05) is 6.20 Å². The molecule has 3 unspecified atom stereocenters. The van der Waals surface area contributed by atoms with E-state index in [0.29, 0.717) is 12.0 Å². The van der Waals surface area contributed by atoms with Gasteiger partial charge < -0.3 is 10.1 Å². The van der Waals surface area contributed by atoms with Gasteiger partial charge >= 0.3 is 0 Å². The van der Waals surface area contributed by atoms with Crippen LogP contribution in [0.2, 0.25) is 0 Å². The van der Waals surface area contributed by atoms with E-state index >= 15 is 0 Å². The number of rotatable bonds is 6. The summed E-state index contributed by atoms with van der Waals surface area (Å²) in [6, 6.07) is 4.64. The first kappa shape index (κ1) is 14.5. The number of ether oxygens (including phenoxy) is 1. The smallest absolute Gasteiger partial charge is 0.0706 e. The first-order valence-corrected chi connectivity index (χ1v) is 7.56. The summed E-state index contributed by atoms with van der Waals surface area (Å²) in [7, 11) is 0. The molecule has 0 saturated heterocycles. The van der Waals surface area contributed by atoms with Crippen molar-refractivity contribution in [2.75, 3.05) is 13.2 Å². The maximum atomic E-state index is 5.83. The lowest BCUT2D eigenvalue weighted by Gasteiger charge is -2.35. The van der Waals surface area contributed by atoms with Gasteiger partial charge in [0, 0.05) is 30.5 Å². The highest BCUT2D eigenvalue weighted by molar-refractivity contribution is 5.27. The number of nitrogens with one attached hydrogen (secondary N) is 1. The second-order valence-electron chi connectivity index (χ2n) is 5.29. The largest absolute Gasteiger partial charge is 0.377 e. The van der Waals surface area contributed by atoms with Crippen LogP contribution in [0.3, 0.4) is 0 Å². The molecule has 1 heterocycles. The van der Waals surface area contributed by atoms with E-state index in [1.54, 1.807) is 0 Å². The molecule has 0 bridgehead atoms. The Morgan fingerprint density at radius 3 is 3.05 bits per heavy atom. The van der Waals surface area contributed by atoms with Gasteiger partial charge in [0.25, 0.3) is 0 Å². The zero-order valence-corrected chi connectivity index (χ0v) is 12.4. The number of pyridine rings is 1. The normalized spacial score (nSPS) is 21.7. The molecule has 0 aliphatic heterocycles. The number of aromatic nitrogens is 1. The molecular formula is C16H26N2O. The fourth-order valence-corrected chi connectivity index (χ4v) is 3.23. The highest BCUT2D eigenvalue weighted by Gasteiger charge is 2.32. The van der Waals surface area contributed by atoms with Gasteiger partial charge in [0.1, 0.15) is 0 Å². The fraction of sp³-hybridized carbons (Fsp3) is 0.688. The van der Waals surface area contributed by atoms with Gasteiger partial charge in [-0.15, -0.1) is 0 Å². The van der Waals surface area contributed by atoms with Gasteiger partial charge in [0.05, 0.1) is 6.10 Å². The predicted molar refractivity (Wildman–Crippen MR) is 78.5 cm³/mol. The molecule has 1 aromatic rings. The third-order valence-electron chi connectivity index (χ3n) is 4.05. The van der Waals surface area contributed by atoms with Crippen molar-refractivity contribution in [3.8, 4) is 0 Å². The number of hydrogen-bond donors (Lipinski definition) is 1. The van der Waals surface area contributed by atoms with E-state index in [2.05, 4.69) is 43.2 Å². The maximum absolute atomic E-state index is 5.83. The lowest BCUT2D eigenvalue weighted by molar-refractivity contribution is 0.0379. The van der Waals surface area contributed by atoms with E-state index in [4.69, 9.17) is 4.74 Å². The van der Waals surface area contributed by atoms with Gasteiger partial charge in [-0.05, 0) is 51.3 Å². The van der Waals surface area contributed by atoms with E-state index in [0.717, 1.165) is 13.2 Å². The average Bonchev–Trinajstić information content (AvgIpc) is 2.44. The van der Waals surface area contributed by atoms with Crippen molar-refractivity contribution in [1.82, 2.24) is 10.3 Å². The molecule has 1 aliphatic rings. The molecule has 19 heavy (non-hydrogen) atoms. The van der Waals surface area contributed by atoms with E-state index < -0.39 is 0 Å². The minimum Gasteiger partial charge on any atom is -0.377 e. The highest BCUT2D eigenvalue weighted by atomic mass is 16.5. The summed E-state index contributed by atoms with van der Waals surface area (Å²) < 4.78 is 5.83. The molecule has 0 amide bonds. The Morgan fingerprint density at radius 2 is 2.32 bits per heavy atom. The topological polar surface area (TPSA) is 34.1 Å². The summed E-state index contributed by atoms with van der Waals surface area (Å²) >= 11 is 0. The molecule has 0 saturated carbocycles. The van der Waals surface area contributed by atoms with Crippen molar-refractivity contribution < 1.29 is 4.74 Å². The fourth-order valence-electron chi connectivity index (χ4n) is 3.23. The standard InChI is InChI=1S/C16H26N2O/c1-4-17-15(12(3)19-5-2)14-10-6-8-13-9-7-11-18-16(13)14/h7,9,11-12,14-15,17H,4-6,8,10H2,1-3H3. The third-order valence-corrected chi connectivity index (χ3v) is 4.05. The van der Waals surface area contributed by atoms with Crippen LogP contribution in [0.15, 0.2) is 18.3 Å². The Morgan fingerprint density at radius 1 is 1.47 bits per heavy atom. The predicted octanol–water partition coefficient (Wildman–Crippen LogP) is 2.90. The van der Waals surface area contributed by atoms with E-state index in [1.165, 1.54) is 30.5 Å². The van der Waals surface area contributed by atoms with Crippen LogP contribution in [-0.2, 0) is 11.2 Å². The van der Waals surface area contributed by atoms with Crippen LogP contribution in [-0.4, -0.2) is 30.3 Å². The Balaban J connectivity index is 2.22. The Kier molecular flexibility index (Phi) is 5.34. The van der Waals surface area contributed by atoms with Crippen LogP contribution in [0.4, 0.5) is 0 Å². The Hall–Kier alpha value is -0.930. The van der Waals surface area contributed by atoms with Crippen LogP contribution in [0.1, 0.15) is 50.8 Å². The van der Waals surface area contributed by atoms with Gasteiger partial charge in [-0.1, -0.05) is 13.0 Å². The third kappa shape index (κ3) is 3.34. The van der Waals surface area contributed by atoms with Gasteiger partial charge in [-0.2, -0.15) is 0 Å².